The molecule has 1 N–H and O–H groups in total. The number of alkyl halides is 6. The number of carbonyl (C=O) groups excluding carboxylic acids is 1. The molecule has 1 amide bonds. The van der Waals surface area contributed by atoms with Crippen molar-refractivity contribution in [1.82, 2.24) is 15.2 Å². The Morgan fingerprint density at radius 3 is 2.05 bits per heavy atom. The van der Waals surface area contributed by atoms with Gasteiger partial charge in [-0.3, -0.25) is 9.89 Å². The van der Waals surface area contributed by atoms with Crippen LogP contribution >= 0.6 is 0 Å². The van der Waals surface area contributed by atoms with Gasteiger partial charge in [0.05, 0.1) is 45.8 Å². The number of aryl methyl sites for hydroxylation is 1. The molecule has 0 saturated carbocycles. The molecule has 7 nitrogen and oxygen atoms in total. The summed E-state index contributed by atoms with van der Waals surface area (Å²) in [6, 6.07) is 4.38. The van der Waals surface area contributed by atoms with Crippen molar-refractivity contribution in [2.75, 3.05) is 11.9 Å². The van der Waals surface area contributed by atoms with Crippen LogP contribution in [0.15, 0.2) is 53.7 Å². The van der Waals surface area contributed by atoms with Gasteiger partial charge in [0.25, 0.3) is 0 Å². The highest BCUT2D eigenvalue weighted by Crippen LogP contribution is 2.41. The number of fused-ring (bicyclic) bond motifs is 1. The van der Waals surface area contributed by atoms with Crippen LogP contribution < -0.4 is 4.90 Å². The number of rotatable bonds is 6. The van der Waals surface area contributed by atoms with E-state index in [9.17, 15) is 43.9 Å². The van der Waals surface area contributed by atoms with Crippen LogP contribution in [0.5, 0.6) is 0 Å². The van der Waals surface area contributed by atoms with Gasteiger partial charge < -0.3 is 4.90 Å². The average Bonchev–Trinajstić information content (AvgIpc) is 3.36. The summed E-state index contributed by atoms with van der Waals surface area (Å²) < 4.78 is 122. The normalized spacial score (nSPS) is 13.0. The van der Waals surface area contributed by atoms with Crippen molar-refractivity contribution in [2.45, 2.75) is 49.2 Å². The molecule has 4 rings (SSSR count). The number of hydrogen-bond acceptors (Lipinski definition) is 5. The molecule has 15 heteroatoms. The molecule has 42 heavy (non-hydrogen) atoms. The Morgan fingerprint density at radius 1 is 0.929 bits per heavy atom. The number of H-pyrrole nitrogens is 1. The fraction of sp³-hybridized carbons (Fsp3) is 0.296. The molecule has 2 aromatic carbocycles. The van der Waals surface area contributed by atoms with Crippen molar-refractivity contribution in [3.8, 4) is 0 Å². The maximum Gasteiger partial charge on any atom is 0.416 e. The van der Waals surface area contributed by atoms with Crippen LogP contribution in [0.4, 0.5) is 36.4 Å². The highest BCUT2D eigenvalue weighted by Gasteiger charge is 2.42. The number of amides is 1. The molecule has 4 aromatic rings. The first kappa shape index (κ1) is 30.9. The van der Waals surface area contributed by atoms with E-state index in [1.165, 1.54) is 13.0 Å². The molecule has 0 spiro atoms. The zero-order chi connectivity index (χ0) is 31.4. The monoisotopic (exact) mass is 616 g/mol. The van der Waals surface area contributed by atoms with Gasteiger partial charge in [-0.05, 0) is 67.8 Å². The third-order valence-corrected chi connectivity index (χ3v) is 8.63. The molecule has 0 atom stereocenters. The predicted molar refractivity (Wildman–Crippen MR) is 139 cm³/mol. The average molecular weight is 617 g/mol. The summed E-state index contributed by atoms with van der Waals surface area (Å²) in [7, 11) is -3.20. The van der Waals surface area contributed by atoms with Gasteiger partial charge in [0, 0.05) is 7.05 Å². The minimum atomic E-state index is -5.14. The largest absolute Gasteiger partial charge is 0.416 e. The summed E-state index contributed by atoms with van der Waals surface area (Å²) in [5, 5.41) is 6.30. The fourth-order valence-electron chi connectivity index (χ4n) is 4.50. The smallest absolute Gasteiger partial charge is 0.312 e. The number of likely N-dealkylation sites (N-methyl/N-ethyl adjacent to an activating group) is 1. The van der Waals surface area contributed by atoms with E-state index in [0.29, 0.717) is 17.7 Å². The van der Waals surface area contributed by atoms with Crippen molar-refractivity contribution in [1.29, 1.82) is 0 Å². The molecular weight excluding hydrogens is 593 g/mol. The number of nitrogens with zero attached hydrogens (tertiary/aromatic N) is 3. The van der Waals surface area contributed by atoms with Crippen LogP contribution in [0.2, 0.25) is 0 Å². The molecule has 0 aliphatic heterocycles. The van der Waals surface area contributed by atoms with Crippen molar-refractivity contribution >= 4 is 32.5 Å². The van der Waals surface area contributed by atoms with Crippen LogP contribution in [0, 0.1) is 12.7 Å². The minimum absolute atomic E-state index is 0.0110. The molecule has 224 valence electrons. The van der Waals surface area contributed by atoms with Crippen molar-refractivity contribution in [2.24, 2.45) is 0 Å². The number of benzene rings is 2. The number of carbonyl (C=O) groups is 1. The van der Waals surface area contributed by atoms with Crippen LogP contribution in [-0.4, -0.2) is 36.6 Å². The SMILES string of the molecule is Cc1cc(F)ccc1CS(=O)(=O)c1c(N(C)C(=O)C(C)(C)c2cc(C(F)(F)F)cc(C(F)(F)F)c2)cnc2[nH]ncc12. The maximum absolute atomic E-state index is 13.8. The summed E-state index contributed by atoms with van der Waals surface area (Å²) >= 11 is 0. The lowest BCUT2D eigenvalue weighted by Gasteiger charge is -2.31. The Balaban J connectivity index is 1.84. The maximum atomic E-state index is 13.8. The van der Waals surface area contributed by atoms with Crippen molar-refractivity contribution in [3.63, 3.8) is 0 Å². The number of sulfone groups is 1. The summed E-state index contributed by atoms with van der Waals surface area (Å²) in [4.78, 5) is 18.3. The van der Waals surface area contributed by atoms with E-state index in [1.54, 1.807) is 0 Å². The lowest BCUT2D eigenvalue weighted by molar-refractivity contribution is -0.143. The van der Waals surface area contributed by atoms with Crippen LogP contribution in [0.1, 0.15) is 41.7 Å². The second-order valence-corrected chi connectivity index (χ2v) is 12.1. The summed E-state index contributed by atoms with van der Waals surface area (Å²) in [5.74, 6) is -2.22. The molecule has 0 saturated heterocycles. The molecule has 0 fully saturated rings. The Morgan fingerprint density at radius 2 is 1.50 bits per heavy atom. The van der Waals surface area contributed by atoms with Crippen molar-refractivity contribution < 1.29 is 43.9 Å². The Labute approximate surface area is 235 Å². The first-order valence-electron chi connectivity index (χ1n) is 12.1. The summed E-state index contributed by atoms with van der Waals surface area (Å²) in [5.41, 5.74) is -5.45. The van der Waals surface area contributed by atoms with Gasteiger partial charge in [-0.25, -0.2) is 17.8 Å². The lowest BCUT2D eigenvalue weighted by Crippen LogP contribution is -2.42. The molecule has 0 aliphatic rings. The van der Waals surface area contributed by atoms with Gasteiger partial charge in [-0.15, -0.1) is 0 Å². The van der Waals surface area contributed by atoms with Gasteiger partial charge in [-0.1, -0.05) is 6.07 Å². The zero-order valence-electron chi connectivity index (χ0n) is 22.4. The Kier molecular flexibility index (Phi) is 7.63. The highest BCUT2D eigenvalue weighted by molar-refractivity contribution is 7.91. The molecule has 2 heterocycles. The van der Waals surface area contributed by atoms with E-state index in [-0.39, 0.29) is 28.4 Å². The second kappa shape index (κ2) is 10.4. The van der Waals surface area contributed by atoms with Gasteiger partial charge in [0.2, 0.25) is 5.91 Å². The number of anilines is 1. The third kappa shape index (κ3) is 5.82. The van der Waals surface area contributed by atoms with Gasteiger partial charge in [0.15, 0.2) is 15.5 Å². The van der Waals surface area contributed by atoms with E-state index >= 15 is 0 Å². The van der Waals surface area contributed by atoms with Gasteiger partial charge in [0.1, 0.15) is 10.7 Å². The molecule has 0 bridgehead atoms. The molecule has 0 radical (unpaired) electrons. The third-order valence-electron chi connectivity index (χ3n) is 6.88. The Bertz CT molecular complexity index is 1760. The van der Waals surface area contributed by atoms with Gasteiger partial charge in [-0.2, -0.15) is 31.4 Å². The molecular formula is C27H23F7N4O3S. The topological polar surface area (TPSA) is 96.0 Å². The fourth-order valence-corrected chi connectivity index (χ4v) is 6.37. The number of aromatic nitrogens is 3. The first-order valence-corrected chi connectivity index (χ1v) is 13.8. The first-order chi connectivity index (χ1) is 19.2. The van der Waals surface area contributed by atoms with Crippen LogP contribution in [0.3, 0.4) is 0 Å². The summed E-state index contributed by atoms with van der Waals surface area (Å²) in [6.07, 6.45) is -8.09. The van der Waals surface area contributed by atoms with Crippen LogP contribution in [-0.2, 0) is 38.2 Å². The van der Waals surface area contributed by atoms with Gasteiger partial charge >= 0.3 is 12.4 Å². The summed E-state index contributed by atoms with van der Waals surface area (Å²) in [6.45, 7) is 3.76. The minimum Gasteiger partial charge on any atom is -0.312 e. The van der Waals surface area contributed by atoms with E-state index in [2.05, 4.69) is 15.2 Å². The number of pyridine rings is 1. The lowest BCUT2D eigenvalue weighted by atomic mass is 9.81. The van der Waals surface area contributed by atoms with E-state index < -0.39 is 66.7 Å². The molecule has 2 aromatic heterocycles. The number of aromatic amines is 1. The molecule has 0 unspecified atom stereocenters. The van der Waals surface area contributed by atoms with Crippen LogP contribution in [0.25, 0.3) is 11.0 Å². The Hall–Kier alpha value is -4.01. The quantitative estimate of drug-likeness (QED) is 0.255. The standard InChI is InChI=1S/C27H23F7N4O3S/c1-14-7-19(28)6-5-15(14)13-42(40,41)22-20-11-36-37-23(20)35-12-21(22)38(4)24(39)25(2,3)16-8-17(26(29,30)31)10-18(9-16)27(32,33)34/h5-12H,13H2,1-4H3,(H,35,36,37). The number of hydrogen-bond donors (Lipinski definition) is 1. The van der Waals surface area contributed by atoms with E-state index in [4.69, 9.17) is 0 Å². The van der Waals surface area contributed by atoms with E-state index in [0.717, 1.165) is 50.3 Å². The number of nitrogens with one attached hydrogen (secondary N) is 1. The van der Waals surface area contributed by atoms with E-state index in [1.807, 2.05) is 0 Å². The zero-order valence-corrected chi connectivity index (χ0v) is 23.3. The predicted octanol–water partition coefficient (Wildman–Crippen LogP) is 6.36. The molecule has 0 aliphatic carbocycles. The van der Waals surface area contributed by atoms with Crippen molar-refractivity contribution in [3.05, 3.63) is 82.4 Å². The number of halogens is 7. The highest BCUT2D eigenvalue weighted by atomic mass is 32.2. The second-order valence-electron chi connectivity index (χ2n) is 10.2.